The van der Waals surface area contributed by atoms with Crippen molar-refractivity contribution in [3.8, 4) is 0 Å². The minimum atomic E-state index is 0.116. The quantitative estimate of drug-likeness (QED) is 0.657. The third kappa shape index (κ3) is 1.96. The van der Waals surface area contributed by atoms with Crippen LogP contribution in [0.4, 0.5) is 0 Å². The smallest absolute Gasteiger partial charge is 0.186 e. The van der Waals surface area contributed by atoms with E-state index in [9.17, 15) is 4.79 Å². The molecule has 1 saturated heterocycles. The number of aromatic amines is 1. The molecule has 0 amide bonds. The fraction of sp³-hybridized carbons (Fsp3) is 0.444. The monoisotopic (exact) mass is 179 g/mol. The Hall–Kier alpha value is -1.13. The van der Waals surface area contributed by atoms with Gasteiger partial charge < -0.3 is 10.3 Å². The van der Waals surface area contributed by atoms with E-state index < -0.39 is 0 Å². The van der Waals surface area contributed by atoms with Gasteiger partial charge in [-0.25, -0.2) is 0 Å². The largest absolute Gasteiger partial charge is 0.367 e. The Morgan fingerprint density at radius 1 is 1.54 bits per heavy atom. The lowest BCUT2D eigenvalue weighted by Crippen LogP contribution is -2.24. The van der Waals surface area contributed by atoms with Gasteiger partial charge in [0.25, 0.3) is 0 Å². The molecule has 0 aromatic carbocycles. The number of H-pyrrole nitrogens is 1. The highest BCUT2D eigenvalue weighted by Gasteiger charge is 2.11. The molecule has 0 spiro atoms. The fourth-order valence-corrected chi connectivity index (χ4v) is 1.50. The van der Waals surface area contributed by atoms with Crippen LogP contribution in [0.2, 0.25) is 0 Å². The first-order valence-electron chi connectivity index (χ1n) is 4.45. The summed E-state index contributed by atoms with van der Waals surface area (Å²) in [6, 6.07) is 1.57. The summed E-state index contributed by atoms with van der Waals surface area (Å²) < 4.78 is 0. The summed E-state index contributed by atoms with van der Waals surface area (Å²) >= 11 is 0. The Morgan fingerprint density at radius 2 is 2.46 bits per heavy atom. The highest BCUT2D eigenvalue weighted by Crippen LogP contribution is 1.99. The van der Waals surface area contributed by atoms with Crippen molar-refractivity contribution in [2.75, 3.05) is 19.8 Å². The normalized spacial score (nSPS) is 17.8. The van der Waals surface area contributed by atoms with Crippen molar-refractivity contribution in [3.63, 3.8) is 0 Å². The second-order valence-corrected chi connectivity index (χ2v) is 3.24. The predicted octanol–water partition coefficient (Wildman–Crippen LogP) is -0.262. The SMILES string of the molecule is O=c1cc[nH]cc1CN1CCNC1. The lowest BCUT2D eigenvalue weighted by Gasteiger charge is -2.12. The van der Waals surface area contributed by atoms with Crippen molar-refractivity contribution in [2.24, 2.45) is 0 Å². The van der Waals surface area contributed by atoms with Crippen molar-refractivity contribution in [2.45, 2.75) is 6.54 Å². The molecule has 0 radical (unpaired) electrons. The van der Waals surface area contributed by atoms with Crippen LogP contribution in [-0.2, 0) is 6.54 Å². The molecule has 0 bridgehead atoms. The van der Waals surface area contributed by atoms with Gasteiger partial charge in [-0.2, -0.15) is 0 Å². The molecule has 0 atom stereocenters. The lowest BCUT2D eigenvalue weighted by molar-refractivity contribution is 0.326. The molecule has 2 heterocycles. The topological polar surface area (TPSA) is 48.1 Å². The third-order valence-electron chi connectivity index (χ3n) is 2.24. The van der Waals surface area contributed by atoms with Crippen LogP contribution < -0.4 is 10.7 Å². The minimum Gasteiger partial charge on any atom is -0.367 e. The molecule has 4 nitrogen and oxygen atoms in total. The molecule has 4 heteroatoms. The zero-order chi connectivity index (χ0) is 9.10. The number of rotatable bonds is 2. The molecule has 2 rings (SSSR count). The molecule has 1 aliphatic rings. The molecular formula is C9H13N3O. The van der Waals surface area contributed by atoms with E-state index in [1.165, 1.54) is 0 Å². The maximum absolute atomic E-state index is 11.3. The van der Waals surface area contributed by atoms with Gasteiger partial charge in [0.05, 0.1) is 0 Å². The van der Waals surface area contributed by atoms with Crippen molar-refractivity contribution in [1.82, 2.24) is 15.2 Å². The van der Waals surface area contributed by atoms with E-state index in [0.717, 1.165) is 31.9 Å². The Labute approximate surface area is 76.6 Å². The van der Waals surface area contributed by atoms with E-state index in [2.05, 4.69) is 15.2 Å². The van der Waals surface area contributed by atoms with Crippen LogP contribution in [0.1, 0.15) is 5.56 Å². The van der Waals surface area contributed by atoms with Gasteiger partial charge in [0.2, 0.25) is 0 Å². The van der Waals surface area contributed by atoms with Gasteiger partial charge in [-0.1, -0.05) is 0 Å². The van der Waals surface area contributed by atoms with E-state index >= 15 is 0 Å². The average molecular weight is 179 g/mol. The number of nitrogens with zero attached hydrogens (tertiary/aromatic N) is 1. The molecule has 0 aliphatic carbocycles. The van der Waals surface area contributed by atoms with Gasteiger partial charge in [0.15, 0.2) is 5.43 Å². The second-order valence-electron chi connectivity index (χ2n) is 3.24. The summed E-state index contributed by atoms with van der Waals surface area (Å²) in [6.07, 6.45) is 3.44. The zero-order valence-corrected chi connectivity index (χ0v) is 7.42. The molecule has 1 aromatic rings. The van der Waals surface area contributed by atoms with E-state index in [-0.39, 0.29) is 5.43 Å². The fourth-order valence-electron chi connectivity index (χ4n) is 1.50. The molecule has 70 valence electrons. The van der Waals surface area contributed by atoms with Gasteiger partial charge in [-0.05, 0) is 0 Å². The zero-order valence-electron chi connectivity index (χ0n) is 7.42. The van der Waals surface area contributed by atoms with Gasteiger partial charge in [0, 0.05) is 50.3 Å². The van der Waals surface area contributed by atoms with Crippen LogP contribution in [0, 0.1) is 0 Å². The molecule has 0 saturated carbocycles. The van der Waals surface area contributed by atoms with Gasteiger partial charge in [-0.15, -0.1) is 0 Å². The molecule has 13 heavy (non-hydrogen) atoms. The van der Waals surface area contributed by atoms with Crippen molar-refractivity contribution >= 4 is 0 Å². The number of pyridine rings is 1. The summed E-state index contributed by atoms with van der Waals surface area (Å²) in [5.41, 5.74) is 0.955. The molecule has 0 unspecified atom stereocenters. The Morgan fingerprint density at radius 3 is 3.15 bits per heavy atom. The van der Waals surface area contributed by atoms with Crippen LogP contribution in [0.25, 0.3) is 0 Å². The maximum Gasteiger partial charge on any atom is 0.186 e. The van der Waals surface area contributed by atoms with Crippen molar-refractivity contribution in [3.05, 3.63) is 34.2 Å². The number of nitrogens with one attached hydrogen (secondary N) is 2. The van der Waals surface area contributed by atoms with Gasteiger partial charge in [0.1, 0.15) is 0 Å². The first-order chi connectivity index (χ1) is 6.36. The average Bonchev–Trinajstić information content (AvgIpc) is 2.61. The number of hydrogen-bond donors (Lipinski definition) is 2. The van der Waals surface area contributed by atoms with Crippen LogP contribution in [-0.4, -0.2) is 29.6 Å². The maximum atomic E-state index is 11.3. The third-order valence-corrected chi connectivity index (χ3v) is 2.24. The second kappa shape index (κ2) is 3.72. The highest BCUT2D eigenvalue weighted by atomic mass is 16.1. The lowest BCUT2D eigenvalue weighted by atomic mass is 10.2. The van der Waals surface area contributed by atoms with Crippen LogP contribution in [0.15, 0.2) is 23.3 Å². The van der Waals surface area contributed by atoms with E-state index in [0.29, 0.717) is 0 Å². The minimum absolute atomic E-state index is 0.116. The first-order valence-corrected chi connectivity index (χ1v) is 4.45. The number of aromatic nitrogens is 1. The van der Waals surface area contributed by atoms with E-state index in [1.807, 2.05) is 0 Å². The van der Waals surface area contributed by atoms with Crippen molar-refractivity contribution in [1.29, 1.82) is 0 Å². The summed E-state index contributed by atoms with van der Waals surface area (Å²) in [5.74, 6) is 0. The summed E-state index contributed by atoms with van der Waals surface area (Å²) in [5, 5.41) is 3.23. The van der Waals surface area contributed by atoms with Crippen LogP contribution in [0.3, 0.4) is 0 Å². The van der Waals surface area contributed by atoms with E-state index in [1.54, 1.807) is 18.5 Å². The molecule has 1 fully saturated rings. The molecule has 1 aromatic heterocycles. The summed E-state index contributed by atoms with van der Waals surface area (Å²) in [7, 11) is 0. The van der Waals surface area contributed by atoms with Crippen molar-refractivity contribution < 1.29 is 0 Å². The molecular weight excluding hydrogens is 166 g/mol. The Bertz CT molecular complexity index is 328. The highest BCUT2D eigenvalue weighted by molar-refractivity contribution is 5.09. The van der Waals surface area contributed by atoms with Crippen LogP contribution in [0.5, 0.6) is 0 Å². The Kier molecular flexibility index (Phi) is 2.42. The number of hydrogen-bond acceptors (Lipinski definition) is 3. The van der Waals surface area contributed by atoms with Crippen LogP contribution >= 0.6 is 0 Å². The van der Waals surface area contributed by atoms with Gasteiger partial charge in [-0.3, -0.25) is 9.69 Å². The van der Waals surface area contributed by atoms with E-state index in [4.69, 9.17) is 0 Å². The Balaban J connectivity index is 2.08. The molecule has 2 N–H and O–H groups in total. The standard InChI is InChI=1S/C9H13N3O/c13-9-1-2-10-5-8(9)6-12-4-3-11-7-12/h1-2,5,11H,3-4,6-7H2,(H,10,13). The molecule has 1 aliphatic heterocycles. The summed E-state index contributed by atoms with van der Waals surface area (Å²) in [4.78, 5) is 16.5. The predicted molar refractivity (Wildman–Crippen MR) is 50.3 cm³/mol. The van der Waals surface area contributed by atoms with Gasteiger partial charge >= 0.3 is 0 Å². The summed E-state index contributed by atoms with van der Waals surface area (Å²) in [6.45, 7) is 3.66. The first kappa shape index (κ1) is 8.47.